The van der Waals surface area contributed by atoms with Gasteiger partial charge in [0.2, 0.25) is 0 Å². The summed E-state index contributed by atoms with van der Waals surface area (Å²) in [5.74, 6) is 0.939. The minimum atomic E-state index is 0.710. The molecule has 4 nitrogen and oxygen atoms in total. The maximum absolute atomic E-state index is 6.13. The first kappa shape index (κ1) is 20.7. The zero-order valence-electron chi connectivity index (χ0n) is 17.5. The van der Waals surface area contributed by atoms with Crippen molar-refractivity contribution in [3.8, 4) is 22.5 Å². The van der Waals surface area contributed by atoms with Crippen molar-refractivity contribution in [1.29, 1.82) is 0 Å². The summed E-state index contributed by atoms with van der Waals surface area (Å²) in [4.78, 5) is 15.0. The molecule has 6 heteroatoms. The molecule has 2 aliphatic rings. The second-order valence-electron chi connectivity index (χ2n) is 8.40. The molecule has 160 valence electrons. The topological polar surface area (TPSA) is 32.3 Å². The van der Waals surface area contributed by atoms with Gasteiger partial charge in [-0.3, -0.25) is 9.88 Å². The highest BCUT2D eigenvalue weighted by Crippen LogP contribution is 2.32. The molecule has 1 aliphatic heterocycles. The van der Waals surface area contributed by atoms with E-state index >= 15 is 0 Å². The van der Waals surface area contributed by atoms with Crippen molar-refractivity contribution < 1.29 is 0 Å². The average molecular weight is 453 g/mol. The first-order valence-corrected chi connectivity index (χ1v) is 11.8. The molecule has 0 atom stereocenters. The first-order valence-electron chi connectivity index (χ1n) is 11.1. The van der Waals surface area contributed by atoms with Crippen LogP contribution in [0.25, 0.3) is 22.5 Å². The van der Waals surface area contributed by atoms with Gasteiger partial charge >= 0.3 is 0 Å². The van der Waals surface area contributed by atoms with E-state index < -0.39 is 0 Å². The normalized spacial score (nSPS) is 17.9. The molecule has 0 bridgehead atoms. The second-order valence-corrected chi connectivity index (χ2v) is 9.27. The SMILES string of the molecule is Clc1ccc(-c2ncc(N3CCN(C4CCCC4)CC3)nc2-c2ccc(Cl)cc2)cc1. The highest BCUT2D eigenvalue weighted by atomic mass is 35.5. The van der Waals surface area contributed by atoms with Crippen molar-refractivity contribution in [2.24, 2.45) is 0 Å². The van der Waals surface area contributed by atoms with Crippen molar-refractivity contribution in [3.63, 3.8) is 0 Å². The fraction of sp³-hybridized carbons (Fsp3) is 0.360. The van der Waals surface area contributed by atoms with Crippen LogP contribution in [-0.2, 0) is 0 Å². The van der Waals surface area contributed by atoms with E-state index in [1.807, 2.05) is 54.7 Å². The van der Waals surface area contributed by atoms with Crippen LogP contribution >= 0.6 is 23.2 Å². The Morgan fingerprint density at radius 3 is 1.84 bits per heavy atom. The van der Waals surface area contributed by atoms with Crippen molar-refractivity contribution in [2.75, 3.05) is 31.1 Å². The molecule has 0 unspecified atom stereocenters. The number of anilines is 1. The number of rotatable bonds is 4. The van der Waals surface area contributed by atoms with Crippen LogP contribution in [0.3, 0.4) is 0 Å². The van der Waals surface area contributed by atoms with Crippen LogP contribution in [0, 0.1) is 0 Å². The van der Waals surface area contributed by atoms with Crippen LogP contribution < -0.4 is 4.90 Å². The van der Waals surface area contributed by atoms with E-state index in [0.29, 0.717) is 10.0 Å². The Morgan fingerprint density at radius 2 is 1.26 bits per heavy atom. The quantitative estimate of drug-likeness (QED) is 0.472. The fourth-order valence-electron chi connectivity index (χ4n) is 4.75. The smallest absolute Gasteiger partial charge is 0.147 e. The highest BCUT2D eigenvalue weighted by Gasteiger charge is 2.27. The lowest BCUT2D eigenvalue weighted by molar-refractivity contribution is 0.187. The summed E-state index contributed by atoms with van der Waals surface area (Å²) >= 11 is 12.2. The predicted octanol–water partition coefficient (Wildman–Crippen LogP) is 6.18. The van der Waals surface area contributed by atoms with E-state index in [2.05, 4.69) is 9.80 Å². The monoisotopic (exact) mass is 452 g/mol. The molecular formula is C25H26Cl2N4. The van der Waals surface area contributed by atoms with Gasteiger partial charge in [0, 0.05) is 53.4 Å². The molecule has 0 spiro atoms. The van der Waals surface area contributed by atoms with Gasteiger partial charge < -0.3 is 4.90 Å². The third-order valence-corrected chi connectivity index (χ3v) is 6.98. The number of piperazine rings is 1. The van der Waals surface area contributed by atoms with Gasteiger partial charge in [0.1, 0.15) is 5.82 Å². The number of hydrogen-bond donors (Lipinski definition) is 0. The summed E-state index contributed by atoms with van der Waals surface area (Å²) in [7, 11) is 0. The molecule has 0 amide bonds. The summed E-state index contributed by atoms with van der Waals surface area (Å²) in [5.41, 5.74) is 3.73. The zero-order valence-corrected chi connectivity index (χ0v) is 19.0. The van der Waals surface area contributed by atoms with Gasteiger partial charge in [0.05, 0.1) is 17.6 Å². The Labute approximate surface area is 193 Å². The molecule has 1 aromatic heterocycles. The van der Waals surface area contributed by atoms with Crippen LogP contribution in [0.2, 0.25) is 10.0 Å². The van der Waals surface area contributed by atoms with E-state index in [4.69, 9.17) is 33.2 Å². The van der Waals surface area contributed by atoms with E-state index in [9.17, 15) is 0 Å². The van der Waals surface area contributed by atoms with E-state index in [1.54, 1.807) is 0 Å². The molecule has 2 aromatic carbocycles. The van der Waals surface area contributed by atoms with Crippen LogP contribution in [0.4, 0.5) is 5.82 Å². The summed E-state index contributed by atoms with van der Waals surface area (Å²) in [6.07, 6.45) is 7.39. The van der Waals surface area contributed by atoms with Crippen molar-refractivity contribution >= 4 is 29.0 Å². The zero-order chi connectivity index (χ0) is 21.2. The molecule has 2 fully saturated rings. The molecule has 0 radical (unpaired) electrons. The molecule has 5 rings (SSSR count). The molecule has 1 saturated carbocycles. The summed E-state index contributed by atoms with van der Waals surface area (Å²) in [6.45, 7) is 4.18. The molecule has 2 heterocycles. The maximum Gasteiger partial charge on any atom is 0.147 e. The lowest BCUT2D eigenvalue weighted by atomic mass is 10.0. The Balaban J connectivity index is 1.45. The number of benzene rings is 2. The van der Waals surface area contributed by atoms with Crippen molar-refractivity contribution in [1.82, 2.24) is 14.9 Å². The van der Waals surface area contributed by atoms with Crippen LogP contribution in [0.1, 0.15) is 25.7 Å². The van der Waals surface area contributed by atoms with Gasteiger partial charge in [-0.15, -0.1) is 0 Å². The Morgan fingerprint density at radius 1 is 0.710 bits per heavy atom. The Hall–Kier alpha value is -2.14. The van der Waals surface area contributed by atoms with Crippen LogP contribution in [0.5, 0.6) is 0 Å². The van der Waals surface area contributed by atoms with E-state index in [0.717, 1.165) is 60.6 Å². The first-order chi connectivity index (χ1) is 15.2. The summed E-state index contributed by atoms with van der Waals surface area (Å²) < 4.78 is 0. The minimum absolute atomic E-state index is 0.710. The van der Waals surface area contributed by atoms with Gasteiger partial charge in [-0.25, -0.2) is 4.98 Å². The third kappa shape index (κ3) is 4.57. The summed E-state index contributed by atoms with van der Waals surface area (Å²) in [6, 6.07) is 16.4. The van der Waals surface area contributed by atoms with Gasteiger partial charge in [0.15, 0.2) is 0 Å². The largest absolute Gasteiger partial charge is 0.353 e. The number of hydrogen-bond acceptors (Lipinski definition) is 4. The standard InChI is InChI=1S/C25H26Cl2N4/c26-20-9-5-18(6-10-20)24-25(19-7-11-21(27)12-8-19)29-23(17-28-24)31-15-13-30(14-16-31)22-3-1-2-4-22/h5-12,17,22H,1-4,13-16H2. The lowest BCUT2D eigenvalue weighted by Gasteiger charge is -2.38. The number of halogens is 2. The fourth-order valence-corrected chi connectivity index (χ4v) is 5.00. The molecule has 0 N–H and O–H groups in total. The van der Waals surface area contributed by atoms with Crippen LogP contribution in [-0.4, -0.2) is 47.1 Å². The van der Waals surface area contributed by atoms with E-state index in [-0.39, 0.29) is 0 Å². The van der Waals surface area contributed by atoms with Gasteiger partial charge in [-0.1, -0.05) is 60.3 Å². The van der Waals surface area contributed by atoms with Crippen molar-refractivity contribution in [3.05, 3.63) is 64.8 Å². The van der Waals surface area contributed by atoms with Gasteiger partial charge in [-0.2, -0.15) is 0 Å². The van der Waals surface area contributed by atoms with E-state index in [1.165, 1.54) is 25.7 Å². The highest BCUT2D eigenvalue weighted by molar-refractivity contribution is 6.31. The molecular weight excluding hydrogens is 427 g/mol. The number of nitrogens with zero attached hydrogens (tertiary/aromatic N) is 4. The molecule has 1 saturated heterocycles. The lowest BCUT2D eigenvalue weighted by Crippen LogP contribution is -2.50. The maximum atomic E-state index is 6.13. The summed E-state index contributed by atoms with van der Waals surface area (Å²) in [5, 5.41) is 1.42. The third-order valence-electron chi connectivity index (χ3n) is 6.47. The number of aromatic nitrogens is 2. The van der Waals surface area contributed by atoms with Gasteiger partial charge in [0.25, 0.3) is 0 Å². The second kappa shape index (κ2) is 9.15. The molecule has 1 aliphatic carbocycles. The average Bonchev–Trinajstić information content (AvgIpc) is 3.35. The predicted molar refractivity (Wildman–Crippen MR) is 129 cm³/mol. The molecule has 3 aromatic rings. The minimum Gasteiger partial charge on any atom is -0.353 e. The van der Waals surface area contributed by atoms with Crippen molar-refractivity contribution in [2.45, 2.75) is 31.7 Å². The Kier molecular flexibility index (Phi) is 6.13. The van der Waals surface area contributed by atoms with Gasteiger partial charge in [-0.05, 0) is 37.1 Å². The van der Waals surface area contributed by atoms with Crippen LogP contribution in [0.15, 0.2) is 54.7 Å². The molecule has 31 heavy (non-hydrogen) atoms. The Bertz CT molecular complexity index is 1020.